The second-order valence-electron chi connectivity index (χ2n) is 5.68. The van der Waals surface area contributed by atoms with Crippen LogP contribution in [0.1, 0.15) is 12.8 Å². The van der Waals surface area contributed by atoms with Gasteiger partial charge in [-0.05, 0) is 25.0 Å². The van der Waals surface area contributed by atoms with Crippen molar-refractivity contribution in [2.75, 3.05) is 18.5 Å². The average Bonchev–Trinajstić information content (AvgIpc) is 3.02. The SMILES string of the molecule is c1ccc(-c2nc3c(NC4CCOCC4)cccc3[nH]2)cc1. The van der Waals surface area contributed by atoms with Crippen molar-refractivity contribution in [2.45, 2.75) is 18.9 Å². The Hall–Kier alpha value is -2.33. The summed E-state index contributed by atoms with van der Waals surface area (Å²) < 4.78 is 5.43. The van der Waals surface area contributed by atoms with Gasteiger partial charge in [-0.2, -0.15) is 0 Å². The number of fused-ring (bicyclic) bond motifs is 1. The van der Waals surface area contributed by atoms with Crippen LogP contribution in [0, 0.1) is 0 Å². The van der Waals surface area contributed by atoms with E-state index in [0.29, 0.717) is 6.04 Å². The fourth-order valence-corrected chi connectivity index (χ4v) is 2.94. The van der Waals surface area contributed by atoms with E-state index >= 15 is 0 Å². The Morgan fingerprint density at radius 2 is 1.82 bits per heavy atom. The van der Waals surface area contributed by atoms with Gasteiger partial charge in [0.15, 0.2) is 0 Å². The number of rotatable bonds is 3. The number of hydrogen-bond acceptors (Lipinski definition) is 3. The highest BCUT2D eigenvalue weighted by Crippen LogP contribution is 2.27. The lowest BCUT2D eigenvalue weighted by molar-refractivity contribution is 0.0905. The van der Waals surface area contributed by atoms with E-state index in [0.717, 1.165) is 54.2 Å². The van der Waals surface area contributed by atoms with Crippen LogP contribution in [0.15, 0.2) is 48.5 Å². The number of para-hydroxylation sites is 1. The first-order valence-corrected chi connectivity index (χ1v) is 7.78. The molecule has 1 aliphatic rings. The molecule has 4 rings (SSSR count). The van der Waals surface area contributed by atoms with Crippen LogP contribution in [-0.2, 0) is 4.74 Å². The van der Waals surface area contributed by atoms with Crippen molar-refractivity contribution >= 4 is 16.7 Å². The van der Waals surface area contributed by atoms with Crippen molar-refractivity contribution in [1.82, 2.24) is 9.97 Å². The van der Waals surface area contributed by atoms with E-state index in [4.69, 9.17) is 9.72 Å². The maximum Gasteiger partial charge on any atom is 0.138 e. The summed E-state index contributed by atoms with van der Waals surface area (Å²) in [5.74, 6) is 0.914. The molecule has 112 valence electrons. The third-order valence-electron chi connectivity index (χ3n) is 4.14. The van der Waals surface area contributed by atoms with Crippen molar-refractivity contribution in [1.29, 1.82) is 0 Å². The molecule has 2 aromatic carbocycles. The molecule has 1 aromatic heterocycles. The Bertz CT molecular complexity index is 760. The highest BCUT2D eigenvalue weighted by Gasteiger charge is 2.15. The van der Waals surface area contributed by atoms with Crippen LogP contribution in [0.2, 0.25) is 0 Å². The molecule has 0 amide bonds. The number of anilines is 1. The fourth-order valence-electron chi connectivity index (χ4n) is 2.94. The fraction of sp³-hybridized carbons (Fsp3) is 0.278. The molecule has 0 radical (unpaired) electrons. The molecule has 1 fully saturated rings. The van der Waals surface area contributed by atoms with Crippen LogP contribution in [0.3, 0.4) is 0 Å². The number of nitrogens with zero attached hydrogens (tertiary/aromatic N) is 1. The van der Waals surface area contributed by atoms with Crippen LogP contribution in [0.25, 0.3) is 22.4 Å². The molecule has 4 heteroatoms. The van der Waals surface area contributed by atoms with Gasteiger partial charge >= 0.3 is 0 Å². The minimum Gasteiger partial charge on any atom is -0.381 e. The van der Waals surface area contributed by atoms with Gasteiger partial charge in [-0.15, -0.1) is 0 Å². The molecule has 4 nitrogen and oxygen atoms in total. The average molecular weight is 293 g/mol. The highest BCUT2D eigenvalue weighted by molar-refractivity contribution is 5.90. The van der Waals surface area contributed by atoms with Gasteiger partial charge in [-0.3, -0.25) is 0 Å². The summed E-state index contributed by atoms with van der Waals surface area (Å²) >= 11 is 0. The Morgan fingerprint density at radius 3 is 2.64 bits per heavy atom. The van der Waals surface area contributed by atoms with Crippen molar-refractivity contribution in [3.05, 3.63) is 48.5 Å². The molecule has 0 saturated carbocycles. The largest absolute Gasteiger partial charge is 0.381 e. The molecule has 22 heavy (non-hydrogen) atoms. The summed E-state index contributed by atoms with van der Waals surface area (Å²) in [6, 6.07) is 16.9. The molecule has 1 saturated heterocycles. The number of aromatic amines is 1. The summed E-state index contributed by atoms with van der Waals surface area (Å²) in [6.07, 6.45) is 2.10. The number of H-pyrrole nitrogens is 1. The molecule has 0 aliphatic carbocycles. The van der Waals surface area contributed by atoms with Crippen LogP contribution in [0.4, 0.5) is 5.69 Å². The van der Waals surface area contributed by atoms with Crippen LogP contribution >= 0.6 is 0 Å². The predicted octanol–water partition coefficient (Wildman–Crippen LogP) is 3.82. The van der Waals surface area contributed by atoms with Gasteiger partial charge in [0.2, 0.25) is 0 Å². The lowest BCUT2D eigenvalue weighted by Crippen LogP contribution is -2.27. The van der Waals surface area contributed by atoms with Gasteiger partial charge < -0.3 is 15.0 Å². The van der Waals surface area contributed by atoms with Gasteiger partial charge in [0, 0.05) is 24.8 Å². The maximum absolute atomic E-state index is 5.43. The summed E-state index contributed by atoms with van der Waals surface area (Å²) in [7, 11) is 0. The van der Waals surface area contributed by atoms with Crippen LogP contribution in [0.5, 0.6) is 0 Å². The quantitative estimate of drug-likeness (QED) is 0.772. The minimum absolute atomic E-state index is 0.469. The molecule has 0 unspecified atom stereocenters. The van der Waals surface area contributed by atoms with E-state index in [-0.39, 0.29) is 0 Å². The van der Waals surface area contributed by atoms with E-state index in [2.05, 4.69) is 40.6 Å². The molecule has 3 aromatic rings. The van der Waals surface area contributed by atoms with Gasteiger partial charge in [-0.1, -0.05) is 36.4 Å². The first-order chi connectivity index (χ1) is 10.9. The summed E-state index contributed by atoms with van der Waals surface area (Å²) in [5, 5.41) is 3.63. The van der Waals surface area contributed by atoms with Gasteiger partial charge in [0.25, 0.3) is 0 Å². The molecular formula is C18H19N3O. The van der Waals surface area contributed by atoms with E-state index in [1.807, 2.05) is 18.2 Å². The zero-order valence-corrected chi connectivity index (χ0v) is 12.4. The minimum atomic E-state index is 0.469. The Labute approximate surface area is 129 Å². The van der Waals surface area contributed by atoms with Crippen molar-refractivity contribution < 1.29 is 4.74 Å². The van der Waals surface area contributed by atoms with Gasteiger partial charge in [-0.25, -0.2) is 4.98 Å². The van der Waals surface area contributed by atoms with Crippen molar-refractivity contribution in [2.24, 2.45) is 0 Å². The number of benzene rings is 2. The molecular weight excluding hydrogens is 274 g/mol. The summed E-state index contributed by atoms with van der Waals surface area (Å²) in [5.41, 5.74) is 4.28. The Balaban J connectivity index is 1.69. The standard InChI is InChI=1S/C18H19N3O/c1-2-5-13(6-3-1)18-20-16-8-4-7-15(17(16)21-18)19-14-9-11-22-12-10-14/h1-8,14,19H,9-12H2,(H,20,21). The Morgan fingerprint density at radius 1 is 1.00 bits per heavy atom. The third-order valence-corrected chi connectivity index (χ3v) is 4.14. The number of ether oxygens (including phenoxy) is 1. The first kappa shape index (κ1) is 13.3. The van der Waals surface area contributed by atoms with E-state index in [1.54, 1.807) is 0 Å². The molecule has 2 heterocycles. The lowest BCUT2D eigenvalue weighted by Gasteiger charge is -2.24. The molecule has 0 atom stereocenters. The monoisotopic (exact) mass is 293 g/mol. The summed E-state index contributed by atoms with van der Waals surface area (Å²) in [6.45, 7) is 1.67. The molecule has 1 aliphatic heterocycles. The van der Waals surface area contributed by atoms with Crippen molar-refractivity contribution in [3.63, 3.8) is 0 Å². The smallest absolute Gasteiger partial charge is 0.138 e. The van der Waals surface area contributed by atoms with Crippen LogP contribution < -0.4 is 5.32 Å². The van der Waals surface area contributed by atoms with E-state index in [1.165, 1.54) is 0 Å². The molecule has 0 spiro atoms. The van der Waals surface area contributed by atoms with Crippen molar-refractivity contribution in [3.8, 4) is 11.4 Å². The van der Waals surface area contributed by atoms with Crippen LogP contribution in [-0.4, -0.2) is 29.2 Å². The molecule has 2 N–H and O–H groups in total. The second-order valence-corrected chi connectivity index (χ2v) is 5.68. The third kappa shape index (κ3) is 2.57. The second kappa shape index (κ2) is 5.81. The zero-order chi connectivity index (χ0) is 14.8. The maximum atomic E-state index is 5.43. The topological polar surface area (TPSA) is 49.9 Å². The van der Waals surface area contributed by atoms with Gasteiger partial charge in [0.1, 0.15) is 11.3 Å². The summed E-state index contributed by atoms with van der Waals surface area (Å²) in [4.78, 5) is 8.21. The normalized spacial score (nSPS) is 16.0. The number of imidazole rings is 1. The van der Waals surface area contributed by atoms with Gasteiger partial charge in [0.05, 0.1) is 11.2 Å². The number of aromatic nitrogens is 2. The first-order valence-electron chi connectivity index (χ1n) is 7.78. The molecule has 0 bridgehead atoms. The van der Waals surface area contributed by atoms with E-state index < -0.39 is 0 Å². The number of hydrogen-bond donors (Lipinski definition) is 2. The lowest BCUT2D eigenvalue weighted by atomic mass is 10.1. The predicted molar refractivity (Wildman–Crippen MR) is 89.0 cm³/mol. The Kier molecular flexibility index (Phi) is 3.52. The van der Waals surface area contributed by atoms with E-state index in [9.17, 15) is 0 Å². The zero-order valence-electron chi connectivity index (χ0n) is 12.4. The number of nitrogens with one attached hydrogen (secondary N) is 2. The highest BCUT2D eigenvalue weighted by atomic mass is 16.5.